The third-order valence-electron chi connectivity index (χ3n) is 3.29. The number of aliphatic hydroxyl groups is 2. The Balaban J connectivity index is 3.16. The highest BCUT2D eigenvalue weighted by Gasteiger charge is 2.19. The van der Waals surface area contributed by atoms with Crippen LogP contribution in [0.15, 0.2) is 18.2 Å². The summed E-state index contributed by atoms with van der Waals surface area (Å²) in [4.78, 5) is 2.14. The lowest BCUT2D eigenvalue weighted by Crippen LogP contribution is -2.37. The van der Waals surface area contributed by atoms with Gasteiger partial charge in [-0.3, -0.25) is 0 Å². The molecule has 0 atom stereocenters. The van der Waals surface area contributed by atoms with Crippen LogP contribution in [0, 0.1) is 0 Å². The molecule has 2 N–H and O–H groups in total. The second kappa shape index (κ2) is 7.62. The van der Waals surface area contributed by atoms with Crippen LogP contribution in [0.4, 0.5) is 5.69 Å². The fourth-order valence-corrected chi connectivity index (χ4v) is 2.54. The molecule has 0 fully saturated rings. The van der Waals surface area contributed by atoms with Crippen molar-refractivity contribution in [1.29, 1.82) is 0 Å². The van der Waals surface area contributed by atoms with Gasteiger partial charge in [-0.1, -0.05) is 31.5 Å². The van der Waals surface area contributed by atoms with Crippen LogP contribution < -0.4 is 4.90 Å². The van der Waals surface area contributed by atoms with E-state index < -0.39 is 0 Å². The van der Waals surface area contributed by atoms with Crippen LogP contribution in [0.3, 0.4) is 0 Å². The van der Waals surface area contributed by atoms with Crippen molar-refractivity contribution in [2.24, 2.45) is 0 Å². The maximum atomic E-state index is 9.47. The summed E-state index contributed by atoms with van der Waals surface area (Å²) in [5.41, 5.74) is 1.66. The Bertz CT molecular complexity index is 367. The maximum Gasteiger partial charge on any atom is 0.0716 e. The SMILES string of the molecule is CCC(CC)N(CCO)c1cccc(Cl)c1CO. The molecule has 0 aromatic heterocycles. The van der Waals surface area contributed by atoms with E-state index in [-0.39, 0.29) is 13.2 Å². The monoisotopic (exact) mass is 271 g/mol. The molecule has 0 radical (unpaired) electrons. The van der Waals surface area contributed by atoms with Gasteiger partial charge in [0.05, 0.1) is 13.2 Å². The van der Waals surface area contributed by atoms with Gasteiger partial charge in [0.2, 0.25) is 0 Å². The number of aliphatic hydroxyl groups excluding tert-OH is 2. The van der Waals surface area contributed by atoms with Crippen molar-refractivity contribution >= 4 is 17.3 Å². The highest BCUT2D eigenvalue weighted by atomic mass is 35.5. The molecule has 0 unspecified atom stereocenters. The molecule has 3 nitrogen and oxygen atoms in total. The number of halogens is 1. The summed E-state index contributed by atoms with van der Waals surface area (Å²) in [7, 11) is 0. The number of rotatable bonds is 7. The Morgan fingerprint density at radius 2 is 1.89 bits per heavy atom. The molecule has 1 aromatic carbocycles. The molecule has 1 aromatic rings. The first-order valence-electron chi connectivity index (χ1n) is 6.45. The molecule has 102 valence electrons. The number of hydrogen-bond donors (Lipinski definition) is 2. The number of benzene rings is 1. The molecule has 1 rings (SSSR count). The van der Waals surface area contributed by atoms with Crippen LogP contribution in [0.25, 0.3) is 0 Å². The zero-order valence-electron chi connectivity index (χ0n) is 11.1. The molecule has 0 amide bonds. The van der Waals surface area contributed by atoms with E-state index >= 15 is 0 Å². The Morgan fingerprint density at radius 1 is 1.22 bits per heavy atom. The summed E-state index contributed by atoms with van der Waals surface area (Å²) in [5.74, 6) is 0. The third-order valence-corrected chi connectivity index (χ3v) is 3.64. The van der Waals surface area contributed by atoms with E-state index in [4.69, 9.17) is 11.6 Å². The average molecular weight is 272 g/mol. The van der Waals surface area contributed by atoms with Gasteiger partial charge in [0.25, 0.3) is 0 Å². The molecule has 4 heteroatoms. The molecule has 0 spiro atoms. The van der Waals surface area contributed by atoms with Crippen LogP contribution in [-0.4, -0.2) is 29.4 Å². The molecule has 0 saturated heterocycles. The van der Waals surface area contributed by atoms with Gasteiger partial charge >= 0.3 is 0 Å². The van der Waals surface area contributed by atoms with Crippen molar-refractivity contribution in [2.75, 3.05) is 18.1 Å². The maximum absolute atomic E-state index is 9.47. The van der Waals surface area contributed by atoms with Crippen LogP contribution in [0.2, 0.25) is 5.02 Å². The van der Waals surface area contributed by atoms with Crippen molar-refractivity contribution in [2.45, 2.75) is 39.3 Å². The molecular weight excluding hydrogens is 250 g/mol. The first-order chi connectivity index (χ1) is 8.69. The lowest BCUT2D eigenvalue weighted by atomic mass is 10.1. The van der Waals surface area contributed by atoms with Crippen molar-refractivity contribution in [3.63, 3.8) is 0 Å². The van der Waals surface area contributed by atoms with Crippen molar-refractivity contribution in [3.05, 3.63) is 28.8 Å². The van der Waals surface area contributed by atoms with E-state index in [0.717, 1.165) is 24.1 Å². The standard InChI is InChI=1S/C14H22ClNO2/c1-3-11(4-2)16(8-9-17)14-7-5-6-13(15)12(14)10-18/h5-7,11,17-18H,3-4,8-10H2,1-2H3. The van der Waals surface area contributed by atoms with Crippen molar-refractivity contribution in [1.82, 2.24) is 0 Å². The lowest BCUT2D eigenvalue weighted by molar-refractivity contribution is 0.279. The second-order valence-electron chi connectivity index (χ2n) is 4.28. The van der Waals surface area contributed by atoms with E-state index in [1.54, 1.807) is 6.07 Å². The summed E-state index contributed by atoms with van der Waals surface area (Å²) < 4.78 is 0. The van der Waals surface area contributed by atoms with E-state index in [1.165, 1.54) is 0 Å². The Labute approximate surface area is 114 Å². The van der Waals surface area contributed by atoms with E-state index in [1.807, 2.05) is 12.1 Å². The topological polar surface area (TPSA) is 43.7 Å². The van der Waals surface area contributed by atoms with Crippen molar-refractivity contribution < 1.29 is 10.2 Å². The highest BCUT2D eigenvalue weighted by molar-refractivity contribution is 6.31. The average Bonchev–Trinajstić information content (AvgIpc) is 2.38. The zero-order chi connectivity index (χ0) is 13.5. The van der Waals surface area contributed by atoms with Gasteiger partial charge in [-0.05, 0) is 25.0 Å². The van der Waals surface area contributed by atoms with Gasteiger partial charge in [-0.25, -0.2) is 0 Å². The Morgan fingerprint density at radius 3 is 2.39 bits per heavy atom. The van der Waals surface area contributed by atoms with Crippen LogP contribution in [0.1, 0.15) is 32.3 Å². The van der Waals surface area contributed by atoms with E-state index in [2.05, 4.69) is 18.7 Å². The molecule has 0 bridgehead atoms. The predicted molar refractivity (Wildman–Crippen MR) is 76.2 cm³/mol. The van der Waals surface area contributed by atoms with Gasteiger partial charge in [0.15, 0.2) is 0 Å². The molecule has 0 saturated carbocycles. The van der Waals surface area contributed by atoms with Gasteiger partial charge in [0, 0.05) is 28.9 Å². The minimum atomic E-state index is -0.0862. The predicted octanol–water partition coefficient (Wildman–Crippen LogP) is 2.82. The van der Waals surface area contributed by atoms with E-state index in [9.17, 15) is 10.2 Å². The summed E-state index contributed by atoms with van der Waals surface area (Å²) in [5, 5.41) is 19.3. The largest absolute Gasteiger partial charge is 0.395 e. The minimum absolute atomic E-state index is 0.0862. The smallest absolute Gasteiger partial charge is 0.0716 e. The molecule has 0 aliphatic carbocycles. The van der Waals surface area contributed by atoms with Gasteiger partial charge in [-0.15, -0.1) is 0 Å². The molecule has 0 aliphatic heterocycles. The van der Waals surface area contributed by atoms with Crippen LogP contribution in [0.5, 0.6) is 0 Å². The fourth-order valence-electron chi connectivity index (χ4n) is 2.31. The van der Waals surface area contributed by atoms with Crippen LogP contribution in [-0.2, 0) is 6.61 Å². The summed E-state index contributed by atoms with van der Waals surface area (Å²) in [6, 6.07) is 5.95. The number of hydrogen-bond acceptors (Lipinski definition) is 3. The molecule has 0 heterocycles. The van der Waals surface area contributed by atoms with Crippen molar-refractivity contribution in [3.8, 4) is 0 Å². The number of nitrogens with zero attached hydrogens (tertiary/aromatic N) is 1. The normalized spacial score (nSPS) is 11.0. The number of anilines is 1. The summed E-state index contributed by atoms with van der Waals surface area (Å²) >= 11 is 6.12. The minimum Gasteiger partial charge on any atom is -0.395 e. The molecule has 18 heavy (non-hydrogen) atoms. The summed E-state index contributed by atoms with van der Waals surface area (Å²) in [6.45, 7) is 4.81. The first-order valence-corrected chi connectivity index (χ1v) is 6.83. The fraction of sp³-hybridized carbons (Fsp3) is 0.571. The second-order valence-corrected chi connectivity index (χ2v) is 4.69. The molecule has 0 aliphatic rings. The Hall–Kier alpha value is -0.770. The lowest BCUT2D eigenvalue weighted by Gasteiger charge is -2.33. The molecular formula is C14H22ClNO2. The van der Waals surface area contributed by atoms with Gasteiger partial charge < -0.3 is 15.1 Å². The van der Waals surface area contributed by atoms with Gasteiger partial charge in [-0.2, -0.15) is 0 Å². The first kappa shape index (κ1) is 15.3. The Kier molecular flexibility index (Phi) is 6.47. The quantitative estimate of drug-likeness (QED) is 0.801. The van der Waals surface area contributed by atoms with Gasteiger partial charge in [0.1, 0.15) is 0 Å². The van der Waals surface area contributed by atoms with E-state index in [0.29, 0.717) is 17.6 Å². The van der Waals surface area contributed by atoms with Crippen LogP contribution >= 0.6 is 11.6 Å². The summed E-state index contributed by atoms with van der Waals surface area (Å²) in [6.07, 6.45) is 1.99. The zero-order valence-corrected chi connectivity index (χ0v) is 11.8. The highest BCUT2D eigenvalue weighted by Crippen LogP contribution is 2.30. The third kappa shape index (κ3) is 3.37.